The first-order valence-electron chi connectivity index (χ1n) is 6.24. The fourth-order valence-corrected chi connectivity index (χ4v) is 1.76. The van der Waals surface area contributed by atoms with E-state index in [1.54, 1.807) is 0 Å². The highest BCUT2D eigenvalue weighted by molar-refractivity contribution is 5.33. The summed E-state index contributed by atoms with van der Waals surface area (Å²) in [6, 6.07) is 1.81. The molecule has 2 aromatic heterocycles. The van der Waals surface area contributed by atoms with Crippen LogP contribution in [0, 0.1) is 20.8 Å². The van der Waals surface area contributed by atoms with Gasteiger partial charge in [0, 0.05) is 23.9 Å². The Balaban J connectivity index is 2.11. The molecule has 0 amide bonds. The monoisotopic (exact) mass is 262 g/mol. The van der Waals surface area contributed by atoms with E-state index < -0.39 is 0 Å². The number of hydrogen-bond acceptors (Lipinski definition) is 6. The third-order valence-corrected chi connectivity index (χ3v) is 2.73. The Kier molecular flexibility index (Phi) is 3.99. The molecule has 102 valence electrons. The molecule has 0 aromatic carbocycles. The molecule has 0 radical (unpaired) electrons. The molecule has 0 atom stereocenters. The first kappa shape index (κ1) is 13.3. The van der Waals surface area contributed by atoms with Crippen LogP contribution in [0.2, 0.25) is 0 Å². The van der Waals surface area contributed by atoms with E-state index in [0.717, 1.165) is 22.7 Å². The van der Waals surface area contributed by atoms with E-state index in [0.29, 0.717) is 25.0 Å². The molecule has 0 bridgehead atoms. The summed E-state index contributed by atoms with van der Waals surface area (Å²) in [6.45, 7) is 8.80. The fraction of sp³-hybridized carbons (Fsp3) is 0.462. The number of rotatable bonds is 5. The number of nitrogens with one attached hydrogen (secondary N) is 1. The fourth-order valence-electron chi connectivity index (χ4n) is 1.76. The maximum Gasteiger partial charge on any atom is 0.226 e. The van der Waals surface area contributed by atoms with E-state index in [-0.39, 0.29) is 0 Å². The van der Waals surface area contributed by atoms with Crippen molar-refractivity contribution in [1.29, 1.82) is 0 Å². The summed E-state index contributed by atoms with van der Waals surface area (Å²) in [5.41, 5.74) is 2.77. The number of ether oxygens (including phenoxy) is 1. The summed E-state index contributed by atoms with van der Waals surface area (Å²) >= 11 is 0. The molecule has 2 rings (SSSR count). The van der Waals surface area contributed by atoms with E-state index in [4.69, 9.17) is 9.26 Å². The minimum Gasteiger partial charge on any atom is -0.478 e. The molecule has 6 nitrogen and oxygen atoms in total. The van der Waals surface area contributed by atoms with Gasteiger partial charge in [0.05, 0.1) is 12.3 Å². The second-order valence-electron chi connectivity index (χ2n) is 4.26. The molecule has 6 heteroatoms. The van der Waals surface area contributed by atoms with E-state index in [2.05, 4.69) is 20.4 Å². The average molecular weight is 262 g/mol. The minimum absolute atomic E-state index is 0.545. The van der Waals surface area contributed by atoms with E-state index in [1.807, 2.05) is 33.8 Å². The molecule has 0 aliphatic rings. The molecular weight excluding hydrogens is 244 g/mol. The Morgan fingerprint density at radius 1 is 1.26 bits per heavy atom. The molecular formula is C13H18N4O2. The predicted molar refractivity (Wildman–Crippen MR) is 71.2 cm³/mol. The molecule has 0 saturated carbocycles. The maximum absolute atomic E-state index is 5.39. The summed E-state index contributed by atoms with van der Waals surface area (Å²) in [4.78, 5) is 8.61. The molecule has 0 aliphatic heterocycles. The summed E-state index contributed by atoms with van der Waals surface area (Å²) in [7, 11) is 0. The lowest BCUT2D eigenvalue weighted by Gasteiger charge is -2.08. The molecule has 0 saturated heterocycles. The van der Waals surface area contributed by atoms with Crippen LogP contribution >= 0.6 is 0 Å². The second kappa shape index (κ2) is 5.69. The van der Waals surface area contributed by atoms with E-state index >= 15 is 0 Å². The van der Waals surface area contributed by atoms with Crippen molar-refractivity contribution in [2.45, 2.75) is 34.2 Å². The van der Waals surface area contributed by atoms with Crippen LogP contribution in [0.5, 0.6) is 5.88 Å². The van der Waals surface area contributed by atoms with Crippen molar-refractivity contribution in [1.82, 2.24) is 15.1 Å². The maximum atomic E-state index is 5.39. The molecule has 2 aromatic rings. The first-order valence-corrected chi connectivity index (χ1v) is 6.24. The van der Waals surface area contributed by atoms with Crippen LogP contribution in [0.4, 0.5) is 5.95 Å². The number of aryl methyl sites for hydroxylation is 3. The minimum atomic E-state index is 0.545. The first-order chi connectivity index (χ1) is 9.10. The molecule has 0 aliphatic carbocycles. The lowest BCUT2D eigenvalue weighted by molar-refractivity contribution is 0.326. The summed E-state index contributed by atoms with van der Waals surface area (Å²) in [5, 5.41) is 7.08. The SMILES string of the molecule is CCOc1cc(C)nc(NCc2c(C)noc2C)n1. The Bertz CT molecular complexity index is 546. The van der Waals surface area contributed by atoms with Gasteiger partial charge in [-0.25, -0.2) is 4.98 Å². The average Bonchev–Trinajstić information content (AvgIpc) is 2.66. The molecule has 0 fully saturated rings. The van der Waals surface area contributed by atoms with Gasteiger partial charge in [0.2, 0.25) is 11.8 Å². The zero-order valence-corrected chi connectivity index (χ0v) is 11.6. The van der Waals surface area contributed by atoms with Gasteiger partial charge in [-0.1, -0.05) is 5.16 Å². The highest BCUT2D eigenvalue weighted by Gasteiger charge is 2.09. The van der Waals surface area contributed by atoms with Gasteiger partial charge in [-0.3, -0.25) is 0 Å². The van der Waals surface area contributed by atoms with Gasteiger partial charge < -0.3 is 14.6 Å². The zero-order chi connectivity index (χ0) is 13.8. The van der Waals surface area contributed by atoms with E-state index in [9.17, 15) is 0 Å². The number of aromatic nitrogens is 3. The van der Waals surface area contributed by atoms with Crippen LogP contribution in [0.1, 0.15) is 29.6 Å². The van der Waals surface area contributed by atoms with Crippen molar-refractivity contribution >= 4 is 5.95 Å². The lowest BCUT2D eigenvalue weighted by Crippen LogP contribution is -2.07. The van der Waals surface area contributed by atoms with Gasteiger partial charge in [0.15, 0.2) is 0 Å². The molecule has 0 spiro atoms. The highest BCUT2D eigenvalue weighted by Crippen LogP contribution is 2.16. The zero-order valence-electron chi connectivity index (χ0n) is 11.6. The standard InChI is InChI=1S/C13H18N4O2/c1-5-18-12-6-8(2)15-13(16-12)14-7-11-9(3)17-19-10(11)4/h6H,5,7H2,1-4H3,(H,14,15,16). The van der Waals surface area contributed by atoms with Gasteiger partial charge in [-0.05, 0) is 27.7 Å². The van der Waals surface area contributed by atoms with Crippen molar-refractivity contribution in [3.8, 4) is 5.88 Å². The molecule has 19 heavy (non-hydrogen) atoms. The molecule has 0 unspecified atom stereocenters. The Morgan fingerprint density at radius 2 is 2.05 bits per heavy atom. The lowest BCUT2D eigenvalue weighted by atomic mass is 10.2. The third-order valence-electron chi connectivity index (χ3n) is 2.73. The van der Waals surface area contributed by atoms with Gasteiger partial charge in [-0.2, -0.15) is 4.98 Å². The molecule has 1 N–H and O–H groups in total. The van der Waals surface area contributed by atoms with Crippen molar-refractivity contribution in [2.24, 2.45) is 0 Å². The van der Waals surface area contributed by atoms with Crippen LogP contribution in [0.3, 0.4) is 0 Å². The normalized spacial score (nSPS) is 10.5. The van der Waals surface area contributed by atoms with Crippen molar-refractivity contribution in [2.75, 3.05) is 11.9 Å². The summed E-state index contributed by atoms with van der Waals surface area (Å²) in [5.74, 6) is 1.93. The third kappa shape index (κ3) is 3.21. The van der Waals surface area contributed by atoms with Crippen molar-refractivity contribution in [3.63, 3.8) is 0 Å². The van der Waals surface area contributed by atoms with Gasteiger partial charge in [0.25, 0.3) is 0 Å². The van der Waals surface area contributed by atoms with Crippen LogP contribution in [-0.2, 0) is 6.54 Å². The Hall–Kier alpha value is -2.11. The van der Waals surface area contributed by atoms with Gasteiger partial charge in [-0.15, -0.1) is 0 Å². The Labute approximate surface area is 112 Å². The number of nitrogens with zero attached hydrogens (tertiary/aromatic N) is 3. The topological polar surface area (TPSA) is 73.1 Å². The number of anilines is 1. The van der Waals surface area contributed by atoms with Crippen molar-refractivity contribution < 1.29 is 9.26 Å². The Morgan fingerprint density at radius 3 is 2.68 bits per heavy atom. The highest BCUT2D eigenvalue weighted by atomic mass is 16.5. The number of hydrogen-bond donors (Lipinski definition) is 1. The van der Waals surface area contributed by atoms with Crippen LogP contribution in [0.15, 0.2) is 10.6 Å². The van der Waals surface area contributed by atoms with Gasteiger partial charge in [0.1, 0.15) is 5.76 Å². The quantitative estimate of drug-likeness (QED) is 0.892. The van der Waals surface area contributed by atoms with Gasteiger partial charge >= 0.3 is 0 Å². The summed E-state index contributed by atoms with van der Waals surface area (Å²) < 4.78 is 10.5. The van der Waals surface area contributed by atoms with Crippen LogP contribution < -0.4 is 10.1 Å². The largest absolute Gasteiger partial charge is 0.478 e. The van der Waals surface area contributed by atoms with Crippen LogP contribution in [0.25, 0.3) is 0 Å². The van der Waals surface area contributed by atoms with E-state index in [1.165, 1.54) is 0 Å². The van der Waals surface area contributed by atoms with Crippen LogP contribution in [-0.4, -0.2) is 21.7 Å². The van der Waals surface area contributed by atoms with Crippen molar-refractivity contribution in [3.05, 3.63) is 28.8 Å². The predicted octanol–water partition coefficient (Wildman–Crippen LogP) is 2.40. The summed E-state index contributed by atoms with van der Waals surface area (Å²) in [6.07, 6.45) is 0. The smallest absolute Gasteiger partial charge is 0.226 e. The second-order valence-corrected chi connectivity index (χ2v) is 4.26. The molecule has 2 heterocycles.